The van der Waals surface area contributed by atoms with Gasteiger partial charge in [0.05, 0.1) is 6.61 Å². The minimum atomic E-state index is -0.295. The zero-order valence-corrected chi connectivity index (χ0v) is 13.8. The van der Waals surface area contributed by atoms with Crippen LogP contribution in [0.1, 0.15) is 24.4 Å². The van der Waals surface area contributed by atoms with Crippen LogP contribution in [0.25, 0.3) is 0 Å². The van der Waals surface area contributed by atoms with Crippen LogP contribution in [0.2, 0.25) is 0 Å². The smallest absolute Gasteiger partial charge is 0.224 e. The Morgan fingerprint density at radius 2 is 1.83 bits per heavy atom. The van der Waals surface area contributed by atoms with E-state index in [1.807, 2.05) is 30.3 Å². The van der Waals surface area contributed by atoms with Gasteiger partial charge in [0.1, 0.15) is 11.6 Å². The van der Waals surface area contributed by atoms with Crippen LogP contribution >= 0.6 is 0 Å². The highest BCUT2D eigenvalue weighted by Crippen LogP contribution is 2.15. The molecule has 5 heteroatoms. The van der Waals surface area contributed by atoms with Gasteiger partial charge in [0.2, 0.25) is 5.91 Å². The fraction of sp³-hybridized carbons (Fsp3) is 0.316. The lowest BCUT2D eigenvalue weighted by Gasteiger charge is -2.20. The highest BCUT2D eigenvalue weighted by atomic mass is 19.1. The second kappa shape index (κ2) is 9.03. The van der Waals surface area contributed by atoms with Crippen molar-refractivity contribution in [3.8, 4) is 5.75 Å². The molecule has 4 nitrogen and oxygen atoms in total. The van der Waals surface area contributed by atoms with Crippen molar-refractivity contribution in [3.05, 3.63) is 66.0 Å². The maximum atomic E-state index is 12.8. The summed E-state index contributed by atoms with van der Waals surface area (Å²) in [5.41, 5.74) is 7.03. The molecule has 0 spiro atoms. The predicted octanol–water partition coefficient (Wildman–Crippen LogP) is 3.14. The van der Waals surface area contributed by atoms with Crippen LogP contribution in [-0.2, 0) is 4.79 Å². The fourth-order valence-corrected chi connectivity index (χ4v) is 2.31. The van der Waals surface area contributed by atoms with Gasteiger partial charge in [-0.05, 0) is 36.2 Å². The lowest BCUT2D eigenvalue weighted by atomic mass is 10.0. The second-order valence-electron chi connectivity index (χ2n) is 5.69. The number of halogens is 1. The molecule has 0 saturated carbocycles. The first-order valence-corrected chi connectivity index (χ1v) is 7.99. The molecule has 0 aromatic heterocycles. The summed E-state index contributed by atoms with van der Waals surface area (Å²) in [4.78, 5) is 13.9. The lowest BCUT2D eigenvalue weighted by Crippen LogP contribution is -2.31. The Hall–Kier alpha value is -2.40. The summed E-state index contributed by atoms with van der Waals surface area (Å²) in [6.45, 7) is 1.05. The SMILES string of the molecule is CN(CCCOc1ccc(F)cc1)C(=O)CC(N)c1ccccc1. The van der Waals surface area contributed by atoms with E-state index in [1.54, 1.807) is 24.1 Å². The van der Waals surface area contributed by atoms with Gasteiger partial charge in [-0.3, -0.25) is 4.79 Å². The third-order valence-electron chi connectivity index (χ3n) is 3.77. The number of amides is 1. The summed E-state index contributed by atoms with van der Waals surface area (Å²) in [7, 11) is 1.76. The molecule has 0 aliphatic rings. The summed E-state index contributed by atoms with van der Waals surface area (Å²) in [5.74, 6) is 0.340. The third kappa shape index (κ3) is 5.66. The molecule has 0 aliphatic heterocycles. The van der Waals surface area contributed by atoms with E-state index in [0.717, 1.165) is 5.56 Å². The molecule has 2 N–H and O–H groups in total. The van der Waals surface area contributed by atoms with Crippen LogP contribution in [0, 0.1) is 5.82 Å². The summed E-state index contributed by atoms with van der Waals surface area (Å²) >= 11 is 0. The van der Waals surface area contributed by atoms with E-state index in [-0.39, 0.29) is 24.2 Å². The molecule has 24 heavy (non-hydrogen) atoms. The monoisotopic (exact) mass is 330 g/mol. The Morgan fingerprint density at radius 3 is 2.50 bits per heavy atom. The van der Waals surface area contributed by atoms with Gasteiger partial charge in [-0.1, -0.05) is 30.3 Å². The second-order valence-corrected chi connectivity index (χ2v) is 5.69. The molecule has 0 radical (unpaired) electrons. The Balaban J connectivity index is 1.69. The fourth-order valence-electron chi connectivity index (χ4n) is 2.31. The molecular weight excluding hydrogens is 307 g/mol. The lowest BCUT2D eigenvalue weighted by molar-refractivity contribution is -0.130. The summed E-state index contributed by atoms with van der Waals surface area (Å²) in [6.07, 6.45) is 0.972. The van der Waals surface area contributed by atoms with Gasteiger partial charge < -0.3 is 15.4 Å². The first-order chi connectivity index (χ1) is 11.6. The zero-order chi connectivity index (χ0) is 17.4. The Labute approximate surface area is 142 Å². The van der Waals surface area contributed by atoms with Crippen molar-refractivity contribution in [2.75, 3.05) is 20.2 Å². The van der Waals surface area contributed by atoms with E-state index in [2.05, 4.69) is 0 Å². The Morgan fingerprint density at radius 1 is 1.17 bits per heavy atom. The molecule has 2 aromatic carbocycles. The molecular formula is C19H23FN2O2. The summed E-state index contributed by atoms with van der Waals surface area (Å²) in [6, 6.07) is 15.2. The van der Waals surface area contributed by atoms with Crippen molar-refractivity contribution < 1.29 is 13.9 Å². The van der Waals surface area contributed by atoms with Gasteiger partial charge in [0, 0.05) is 26.1 Å². The van der Waals surface area contributed by atoms with Crippen LogP contribution in [0.4, 0.5) is 4.39 Å². The van der Waals surface area contributed by atoms with Crippen LogP contribution in [-0.4, -0.2) is 31.0 Å². The Kier molecular flexibility index (Phi) is 6.75. The largest absolute Gasteiger partial charge is 0.494 e. The number of carbonyl (C=O) groups is 1. The maximum absolute atomic E-state index is 12.8. The van der Waals surface area contributed by atoms with Crippen molar-refractivity contribution >= 4 is 5.91 Å². The van der Waals surface area contributed by atoms with Gasteiger partial charge >= 0.3 is 0 Å². The molecule has 0 heterocycles. The van der Waals surface area contributed by atoms with Crippen molar-refractivity contribution in [1.82, 2.24) is 4.90 Å². The minimum absolute atomic E-state index is 0.00753. The normalized spacial score (nSPS) is 11.8. The topological polar surface area (TPSA) is 55.6 Å². The first-order valence-electron chi connectivity index (χ1n) is 7.99. The van der Waals surface area contributed by atoms with Crippen LogP contribution in [0.3, 0.4) is 0 Å². The van der Waals surface area contributed by atoms with E-state index >= 15 is 0 Å². The summed E-state index contributed by atoms with van der Waals surface area (Å²) in [5, 5.41) is 0. The molecule has 1 amide bonds. The highest BCUT2D eigenvalue weighted by molar-refractivity contribution is 5.76. The number of nitrogens with two attached hydrogens (primary N) is 1. The zero-order valence-electron chi connectivity index (χ0n) is 13.8. The number of hydrogen-bond acceptors (Lipinski definition) is 3. The van der Waals surface area contributed by atoms with E-state index in [9.17, 15) is 9.18 Å². The van der Waals surface area contributed by atoms with Gasteiger partial charge in [-0.25, -0.2) is 4.39 Å². The van der Waals surface area contributed by atoms with E-state index in [1.165, 1.54) is 12.1 Å². The molecule has 0 bridgehead atoms. The van der Waals surface area contributed by atoms with Gasteiger partial charge in [0.25, 0.3) is 0 Å². The number of rotatable bonds is 8. The number of ether oxygens (including phenoxy) is 1. The minimum Gasteiger partial charge on any atom is -0.494 e. The van der Waals surface area contributed by atoms with Crippen molar-refractivity contribution in [2.24, 2.45) is 5.73 Å². The van der Waals surface area contributed by atoms with Gasteiger partial charge in [-0.15, -0.1) is 0 Å². The maximum Gasteiger partial charge on any atom is 0.224 e. The number of hydrogen-bond donors (Lipinski definition) is 1. The standard InChI is InChI=1S/C19H23FN2O2/c1-22(12-5-13-24-17-10-8-16(20)9-11-17)19(23)14-18(21)15-6-3-2-4-7-15/h2-4,6-11,18H,5,12-14,21H2,1H3. The average molecular weight is 330 g/mol. The van der Waals surface area contributed by atoms with E-state index in [4.69, 9.17) is 10.5 Å². The Bertz CT molecular complexity index is 632. The van der Waals surface area contributed by atoms with Crippen molar-refractivity contribution in [3.63, 3.8) is 0 Å². The predicted molar refractivity (Wildman–Crippen MR) is 92.1 cm³/mol. The molecule has 2 aromatic rings. The van der Waals surface area contributed by atoms with Crippen LogP contribution in [0.5, 0.6) is 5.75 Å². The number of nitrogens with zero attached hydrogens (tertiary/aromatic N) is 1. The third-order valence-corrected chi connectivity index (χ3v) is 3.77. The van der Waals surface area contributed by atoms with Crippen LogP contribution < -0.4 is 10.5 Å². The number of carbonyl (C=O) groups excluding carboxylic acids is 1. The molecule has 128 valence electrons. The van der Waals surface area contributed by atoms with Gasteiger partial charge in [-0.2, -0.15) is 0 Å². The van der Waals surface area contributed by atoms with Gasteiger partial charge in [0.15, 0.2) is 0 Å². The molecule has 0 saturated heterocycles. The van der Waals surface area contributed by atoms with E-state index < -0.39 is 0 Å². The van der Waals surface area contributed by atoms with Crippen molar-refractivity contribution in [2.45, 2.75) is 18.9 Å². The summed E-state index contributed by atoms with van der Waals surface area (Å²) < 4.78 is 18.3. The average Bonchev–Trinajstić information content (AvgIpc) is 2.60. The molecule has 0 aliphatic carbocycles. The quantitative estimate of drug-likeness (QED) is 0.757. The molecule has 0 fully saturated rings. The van der Waals surface area contributed by atoms with Crippen molar-refractivity contribution in [1.29, 1.82) is 0 Å². The number of benzene rings is 2. The molecule has 1 unspecified atom stereocenters. The van der Waals surface area contributed by atoms with E-state index in [0.29, 0.717) is 25.3 Å². The first kappa shape index (κ1) is 17.9. The van der Waals surface area contributed by atoms with Crippen LogP contribution in [0.15, 0.2) is 54.6 Å². The highest BCUT2D eigenvalue weighted by Gasteiger charge is 2.14. The molecule has 1 atom stereocenters. The molecule has 2 rings (SSSR count).